The lowest BCUT2D eigenvalue weighted by Crippen LogP contribution is -2.49. The monoisotopic (exact) mass is 375 g/mol. The molecule has 0 bridgehead atoms. The fourth-order valence-corrected chi connectivity index (χ4v) is 2.43. The molecular weight excluding hydrogens is 361 g/mol. The van der Waals surface area contributed by atoms with Crippen LogP contribution in [0.1, 0.15) is 17.2 Å². The Balaban J connectivity index is 0.00000242. The van der Waals surface area contributed by atoms with Crippen molar-refractivity contribution in [3.8, 4) is 11.8 Å². The Bertz CT molecular complexity index is 572. The van der Waals surface area contributed by atoms with Crippen molar-refractivity contribution in [1.82, 2.24) is 10.2 Å². The molecule has 0 unspecified atom stereocenters. The smallest absolute Gasteiger partial charge is 0.408 e. The molecule has 1 aliphatic heterocycles. The number of piperazine rings is 1. The summed E-state index contributed by atoms with van der Waals surface area (Å²) in [4.78, 5) is 1.16. The highest BCUT2D eigenvalue weighted by atomic mass is 35.5. The number of nitrogens with zero attached hydrogens (tertiary/aromatic N) is 2. The van der Waals surface area contributed by atoms with E-state index in [1.165, 1.54) is 6.07 Å². The van der Waals surface area contributed by atoms with Crippen LogP contribution >= 0.6 is 24.8 Å². The van der Waals surface area contributed by atoms with Crippen LogP contribution in [0.25, 0.3) is 0 Å². The molecule has 0 saturated carbocycles. The Morgan fingerprint density at radius 1 is 1.22 bits per heavy atom. The van der Waals surface area contributed by atoms with E-state index >= 15 is 0 Å². The molecule has 1 fully saturated rings. The molecule has 4 nitrogen and oxygen atoms in total. The summed E-state index contributed by atoms with van der Waals surface area (Å²) in [5, 5.41) is 21.5. The minimum Gasteiger partial charge on any atom is -0.506 e. The maximum atomic E-state index is 13.4. The van der Waals surface area contributed by atoms with Gasteiger partial charge in [-0.2, -0.15) is 18.4 Å². The number of phenolic OH excluding ortho intramolecular Hbond substituents is 1. The summed E-state index contributed by atoms with van der Waals surface area (Å²) in [6, 6.07) is 0.980. The Morgan fingerprint density at radius 3 is 2.26 bits per heavy atom. The maximum Gasteiger partial charge on any atom is 0.408 e. The van der Waals surface area contributed by atoms with Gasteiger partial charge in [0.15, 0.2) is 0 Å². The molecule has 130 valence electrons. The van der Waals surface area contributed by atoms with Gasteiger partial charge in [-0.3, -0.25) is 4.90 Å². The zero-order chi connectivity index (χ0) is 15.6. The molecule has 1 aromatic carbocycles. The van der Waals surface area contributed by atoms with Crippen molar-refractivity contribution >= 4 is 24.8 Å². The van der Waals surface area contributed by atoms with Gasteiger partial charge in [0.1, 0.15) is 29.2 Å². The number of hydrogen-bond acceptors (Lipinski definition) is 4. The Hall–Kier alpha value is -1.27. The van der Waals surface area contributed by atoms with E-state index in [4.69, 9.17) is 5.26 Å². The first-order chi connectivity index (χ1) is 9.86. The lowest BCUT2D eigenvalue weighted by molar-refractivity contribution is -0.188. The summed E-state index contributed by atoms with van der Waals surface area (Å²) in [6.07, 6.45) is -4.64. The lowest BCUT2D eigenvalue weighted by Gasteiger charge is -2.36. The Labute approximate surface area is 142 Å². The van der Waals surface area contributed by atoms with E-state index in [-0.39, 0.29) is 37.9 Å². The molecule has 0 aliphatic carbocycles. The van der Waals surface area contributed by atoms with Crippen LogP contribution in [0.5, 0.6) is 5.75 Å². The molecule has 0 amide bonds. The van der Waals surface area contributed by atoms with E-state index in [1.54, 1.807) is 0 Å². The van der Waals surface area contributed by atoms with Crippen molar-refractivity contribution < 1.29 is 22.7 Å². The second kappa shape index (κ2) is 8.55. The number of nitrogens with one attached hydrogen (secondary N) is 1. The van der Waals surface area contributed by atoms with Crippen molar-refractivity contribution in [1.29, 1.82) is 5.26 Å². The van der Waals surface area contributed by atoms with Gasteiger partial charge in [-0.1, -0.05) is 6.07 Å². The van der Waals surface area contributed by atoms with Crippen molar-refractivity contribution in [3.63, 3.8) is 0 Å². The second-order valence-electron chi connectivity index (χ2n) is 4.70. The van der Waals surface area contributed by atoms with Crippen molar-refractivity contribution in [3.05, 3.63) is 29.1 Å². The number of halogens is 6. The van der Waals surface area contributed by atoms with E-state index in [0.29, 0.717) is 13.1 Å². The summed E-state index contributed by atoms with van der Waals surface area (Å²) < 4.78 is 53.4. The Kier molecular flexibility index (Phi) is 8.07. The van der Waals surface area contributed by atoms with Gasteiger partial charge in [0.25, 0.3) is 0 Å². The summed E-state index contributed by atoms with van der Waals surface area (Å²) in [7, 11) is 0. The third-order valence-electron chi connectivity index (χ3n) is 3.39. The van der Waals surface area contributed by atoms with Gasteiger partial charge in [-0.25, -0.2) is 4.39 Å². The fraction of sp³-hybridized carbons (Fsp3) is 0.462. The predicted octanol–water partition coefficient (Wildman–Crippen LogP) is 2.76. The molecule has 10 heteroatoms. The van der Waals surface area contributed by atoms with Gasteiger partial charge >= 0.3 is 6.18 Å². The van der Waals surface area contributed by atoms with Crippen LogP contribution < -0.4 is 5.32 Å². The first kappa shape index (κ1) is 21.7. The van der Waals surface area contributed by atoms with E-state index < -0.39 is 34.9 Å². The van der Waals surface area contributed by atoms with E-state index in [0.717, 1.165) is 17.0 Å². The minimum absolute atomic E-state index is 0. The van der Waals surface area contributed by atoms with Gasteiger partial charge in [0, 0.05) is 31.7 Å². The third-order valence-corrected chi connectivity index (χ3v) is 3.39. The molecule has 1 heterocycles. The Morgan fingerprint density at radius 2 is 1.78 bits per heavy atom. The highest BCUT2D eigenvalue weighted by Crippen LogP contribution is 2.42. The zero-order valence-corrected chi connectivity index (χ0v) is 13.4. The molecule has 23 heavy (non-hydrogen) atoms. The maximum absolute atomic E-state index is 13.4. The lowest BCUT2D eigenvalue weighted by atomic mass is 9.99. The molecule has 1 atom stereocenters. The number of benzene rings is 1. The number of alkyl halides is 3. The highest BCUT2D eigenvalue weighted by molar-refractivity contribution is 5.85. The first-order valence-electron chi connectivity index (χ1n) is 6.29. The van der Waals surface area contributed by atoms with Gasteiger partial charge in [0.05, 0.1) is 0 Å². The summed E-state index contributed by atoms with van der Waals surface area (Å²) in [6.45, 7) is 1.06. The van der Waals surface area contributed by atoms with Gasteiger partial charge in [-0.05, 0) is 6.07 Å². The van der Waals surface area contributed by atoms with Gasteiger partial charge in [-0.15, -0.1) is 24.8 Å². The molecule has 1 aliphatic rings. The van der Waals surface area contributed by atoms with Crippen LogP contribution in [0.15, 0.2) is 12.1 Å². The second-order valence-corrected chi connectivity index (χ2v) is 4.70. The number of hydrogen-bond donors (Lipinski definition) is 2. The van der Waals surface area contributed by atoms with Crippen LogP contribution in [-0.2, 0) is 0 Å². The quantitative estimate of drug-likeness (QED) is 0.780. The SMILES string of the molecule is Cl.Cl.N#Cc1c(F)ccc([C@H](N2CCNCC2)C(F)(F)F)c1O. The van der Waals surface area contributed by atoms with Crippen LogP contribution in [0.4, 0.5) is 17.6 Å². The molecular formula is C13H15Cl2F4N3O. The molecule has 0 aromatic heterocycles. The average molecular weight is 376 g/mol. The molecule has 0 radical (unpaired) electrons. The highest BCUT2D eigenvalue weighted by Gasteiger charge is 2.46. The van der Waals surface area contributed by atoms with Crippen molar-refractivity contribution in [2.24, 2.45) is 0 Å². The van der Waals surface area contributed by atoms with Crippen molar-refractivity contribution in [2.45, 2.75) is 12.2 Å². The van der Waals surface area contributed by atoms with E-state index in [2.05, 4.69) is 5.32 Å². The van der Waals surface area contributed by atoms with Crippen LogP contribution in [0, 0.1) is 17.1 Å². The summed E-state index contributed by atoms with van der Waals surface area (Å²) in [5.41, 5.74) is -1.26. The van der Waals surface area contributed by atoms with Crippen LogP contribution in [0.2, 0.25) is 0 Å². The molecule has 1 saturated heterocycles. The van der Waals surface area contributed by atoms with Crippen LogP contribution in [-0.4, -0.2) is 42.4 Å². The van der Waals surface area contributed by atoms with E-state index in [9.17, 15) is 22.7 Å². The topological polar surface area (TPSA) is 59.3 Å². The van der Waals surface area contributed by atoms with Crippen molar-refractivity contribution in [2.75, 3.05) is 26.2 Å². The van der Waals surface area contributed by atoms with Gasteiger partial charge < -0.3 is 10.4 Å². The first-order valence-corrected chi connectivity index (χ1v) is 6.29. The van der Waals surface area contributed by atoms with Gasteiger partial charge in [0.2, 0.25) is 0 Å². The third kappa shape index (κ3) is 4.61. The summed E-state index contributed by atoms with van der Waals surface area (Å²) >= 11 is 0. The standard InChI is InChI=1S/C13H13F4N3O.2ClH/c14-10-2-1-8(11(21)9(10)7-18)12(13(15,16)17)20-5-3-19-4-6-20;;/h1-2,12,19,21H,3-6H2;2*1H/t12-;;/m0../s1. The fourth-order valence-electron chi connectivity index (χ4n) is 2.43. The summed E-state index contributed by atoms with van der Waals surface area (Å²) in [5.74, 6) is -1.99. The molecule has 2 rings (SSSR count). The number of nitriles is 1. The minimum atomic E-state index is -4.64. The molecule has 1 aromatic rings. The average Bonchev–Trinajstić information content (AvgIpc) is 2.42. The number of phenols is 1. The van der Waals surface area contributed by atoms with E-state index in [1.807, 2.05) is 0 Å². The largest absolute Gasteiger partial charge is 0.506 e. The molecule has 2 N–H and O–H groups in total. The zero-order valence-electron chi connectivity index (χ0n) is 11.7. The normalized spacial score (nSPS) is 16.7. The predicted molar refractivity (Wildman–Crippen MR) is 80.5 cm³/mol. The van der Waals surface area contributed by atoms with Crippen LogP contribution in [0.3, 0.4) is 0 Å². The number of rotatable bonds is 2. The molecule has 0 spiro atoms. The number of aromatic hydroxyl groups is 1.